The number of hydrogen-bond acceptors (Lipinski definition) is 6. The van der Waals surface area contributed by atoms with Gasteiger partial charge in [-0.25, -0.2) is 4.79 Å². The van der Waals surface area contributed by atoms with E-state index < -0.39 is 47.9 Å². The highest BCUT2D eigenvalue weighted by Gasteiger charge is 2.51. The summed E-state index contributed by atoms with van der Waals surface area (Å²) in [4.78, 5) is 38.7. The number of carboxylic acids is 1. The van der Waals surface area contributed by atoms with E-state index >= 15 is 0 Å². The number of likely N-dealkylation sites (tertiary alicyclic amines) is 1. The van der Waals surface area contributed by atoms with Gasteiger partial charge in [0.05, 0.1) is 17.1 Å². The van der Waals surface area contributed by atoms with E-state index in [-0.39, 0.29) is 18.9 Å². The third-order valence-electron chi connectivity index (χ3n) is 6.75. The van der Waals surface area contributed by atoms with E-state index in [2.05, 4.69) is 5.32 Å². The number of benzene rings is 1. The molecule has 3 rings (SSSR count). The van der Waals surface area contributed by atoms with Gasteiger partial charge in [-0.1, -0.05) is 24.3 Å². The van der Waals surface area contributed by atoms with E-state index in [0.29, 0.717) is 13.0 Å². The summed E-state index contributed by atoms with van der Waals surface area (Å²) >= 11 is 0. The number of rotatable bonds is 6. The molecule has 1 aromatic rings. The quantitative estimate of drug-likeness (QED) is 0.591. The van der Waals surface area contributed by atoms with E-state index in [1.165, 1.54) is 4.90 Å². The van der Waals surface area contributed by atoms with Crippen LogP contribution in [-0.4, -0.2) is 71.0 Å². The number of nitrogens with one attached hydrogen (secondary N) is 1. The monoisotopic (exact) mass is 488 g/mol. The van der Waals surface area contributed by atoms with E-state index in [9.17, 15) is 19.5 Å². The van der Waals surface area contributed by atoms with Crippen molar-refractivity contribution in [2.45, 2.75) is 84.2 Å². The summed E-state index contributed by atoms with van der Waals surface area (Å²) < 4.78 is 17.7. The van der Waals surface area contributed by atoms with Gasteiger partial charge in [0, 0.05) is 19.5 Å². The molecule has 9 nitrogen and oxygen atoms in total. The van der Waals surface area contributed by atoms with Crippen LogP contribution in [0, 0.1) is 5.92 Å². The first-order valence-corrected chi connectivity index (χ1v) is 12.0. The first kappa shape index (κ1) is 27.0. The van der Waals surface area contributed by atoms with Crippen LogP contribution in [0.4, 0.5) is 4.79 Å². The highest BCUT2D eigenvalue weighted by atomic mass is 16.7. The highest BCUT2D eigenvalue weighted by molar-refractivity contribution is 6.62. The minimum absolute atomic E-state index is 0.120. The first-order chi connectivity index (χ1) is 16.1. The lowest BCUT2D eigenvalue weighted by molar-refractivity contribution is -0.141. The fourth-order valence-corrected chi connectivity index (χ4v) is 4.11. The van der Waals surface area contributed by atoms with Gasteiger partial charge in [-0.3, -0.25) is 9.59 Å². The molecule has 2 fully saturated rings. The van der Waals surface area contributed by atoms with Crippen molar-refractivity contribution < 1.29 is 33.5 Å². The van der Waals surface area contributed by atoms with Crippen LogP contribution in [0.1, 0.15) is 60.5 Å². The van der Waals surface area contributed by atoms with Crippen molar-refractivity contribution in [1.29, 1.82) is 0 Å². The zero-order valence-corrected chi connectivity index (χ0v) is 21.7. The Balaban J connectivity index is 1.79. The lowest BCUT2D eigenvalue weighted by atomic mass is 9.78. The number of ether oxygens (including phenoxy) is 1. The molecule has 10 heteroatoms. The van der Waals surface area contributed by atoms with Crippen LogP contribution in [-0.2, 0) is 30.1 Å². The highest BCUT2D eigenvalue weighted by Crippen LogP contribution is 2.36. The molecule has 2 aliphatic heterocycles. The summed E-state index contributed by atoms with van der Waals surface area (Å²) in [6.07, 6.45) is -0.107. The Kier molecular flexibility index (Phi) is 7.57. The van der Waals surface area contributed by atoms with E-state index in [4.69, 9.17) is 14.0 Å². The number of carbonyl (C=O) groups excluding carboxylic acids is 2. The minimum atomic E-state index is -0.924. The van der Waals surface area contributed by atoms with Crippen molar-refractivity contribution in [3.05, 3.63) is 29.8 Å². The topological polar surface area (TPSA) is 114 Å². The molecule has 2 saturated heterocycles. The summed E-state index contributed by atoms with van der Waals surface area (Å²) in [5.41, 5.74) is -0.0737. The van der Waals surface area contributed by atoms with Crippen LogP contribution in [0.3, 0.4) is 0 Å². The second kappa shape index (κ2) is 9.81. The lowest BCUT2D eigenvalue weighted by Crippen LogP contribution is -2.50. The second-order valence-corrected chi connectivity index (χ2v) is 11.3. The molecule has 0 radical (unpaired) electrons. The van der Waals surface area contributed by atoms with Crippen LogP contribution in [0.2, 0.25) is 0 Å². The maximum absolute atomic E-state index is 13.3. The van der Waals surface area contributed by atoms with Gasteiger partial charge in [0.15, 0.2) is 0 Å². The Labute approximate surface area is 207 Å². The molecule has 2 heterocycles. The molecule has 0 saturated carbocycles. The fourth-order valence-electron chi connectivity index (χ4n) is 4.11. The fraction of sp³-hybridized carbons (Fsp3) is 0.640. The van der Waals surface area contributed by atoms with Crippen LogP contribution >= 0.6 is 0 Å². The Morgan fingerprint density at radius 1 is 1.20 bits per heavy atom. The third-order valence-corrected chi connectivity index (χ3v) is 6.75. The Morgan fingerprint density at radius 3 is 2.37 bits per heavy atom. The number of nitrogens with zero attached hydrogens (tertiary/aromatic N) is 1. The van der Waals surface area contributed by atoms with Crippen molar-refractivity contribution in [2.75, 3.05) is 13.1 Å². The van der Waals surface area contributed by atoms with E-state index in [1.54, 1.807) is 20.8 Å². The number of amides is 2. The van der Waals surface area contributed by atoms with Crippen LogP contribution in [0.25, 0.3) is 0 Å². The molecule has 0 spiro atoms. The number of alkyl carbamates (subject to hydrolysis) is 1. The first-order valence-electron chi connectivity index (χ1n) is 12.0. The van der Waals surface area contributed by atoms with Crippen LogP contribution in [0.15, 0.2) is 24.3 Å². The zero-order chi connectivity index (χ0) is 26.2. The van der Waals surface area contributed by atoms with Gasteiger partial charge in [-0.2, -0.15) is 0 Å². The zero-order valence-electron chi connectivity index (χ0n) is 21.7. The molecular formula is C25H37BN2O7. The molecule has 1 aromatic carbocycles. The number of hydrogen-bond donors (Lipinski definition) is 2. The average Bonchev–Trinajstić information content (AvgIpc) is 3.28. The van der Waals surface area contributed by atoms with Gasteiger partial charge in [0.25, 0.3) is 0 Å². The minimum Gasteiger partial charge on any atom is -0.481 e. The van der Waals surface area contributed by atoms with Crippen molar-refractivity contribution in [3.63, 3.8) is 0 Å². The summed E-state index contributed by atoms with van der Waals surface area (Å²) in [5.74, 6) is -1.86. The molecule has 2 unspecified atom stereocenters. The third kappa shape index (κ3) is 6.55. The Morgan fingerprint density at radius 2 is 1.83 bits per heavy atom. The second-order valence-electron chi connectivity index (χ2n) is 11.3. The smallest absolute Gasteiger partial charge is 0.481 e. The van der Waals surface area contributed by atoms with Gasteiger partial charge >= 0.3 is 19.2 Å². The Bertz CT molecular complexity index is 957. The molecule has 0 bridgehead atoms. The summed E-state index contributed by atoms with van der Waals surface area (Å²) in [5, 5.41) is 12.0. The largest absolute Gasteiger partial charge is 0.494 e. The molecule has 2 atom stereocenters. The predicted molar refractivity (Wildman–Crippen MR) is 131 cm³/mol. The summed E-state index contributed by atoms with van der Waals surface area (Å²) in [6.45, 7) is 13.6. The maximum atomic E-state index is 13.3. The lowest BCUT2D eigenvalue weighted by Gasteiger charge is -2.32. The summed E-state index contributed by atoms with van der Waals surface area (Å²) in [6, 6.07) is 6.63. The van der Waals surface area contributed by atoms with Crippen molar-refractivity contribution in [3.8, 4) is 0 Å². The molecule has 2 aliphatic rings. The Hall–Kier alpha value is -2.59. The molecule has 2 N–H and O–H groups in total. The van der Waals surface area contributed by atoms with Gasteiger partial charge in [0.1, 0.15) is 11.6 Å². The van der Waals surface area contributed by atoms with Crippen LogP contribution < -0.4 is 10.8 Å². The summed E-state index contributed by atoms with van der Waals surface area (Å²) in [7, 11) is -0.553. The van der Waals surface area contributed by atoms with E-state index in [0.717, 1.165) is 11.0 Å². The SMILES string of the molecule is CC(C)(C)OC(=O)NC(Cc1cccc(B2OC(C)(C)C(C)(C)O2)c1)C(=O)N1CCC(C(=O)O)C1. The normalized spacial score (nSPS) is 22.1. The maximum Gasteiger partial charge on any atom is 0.494 e. The molecular weight excluding hydrogens is 451 g/mol. The van der Waals surface area contributed by atoms with Gasteiger partial charge in [0.2, 0.25) is 5.91 Å². The number of aliphatic carboxylic acids is 1. The average molecular weight is 488 g/mol. The van der Waals surface area contributed by atoms with Crippen molar-refractivity contribution in [1.82, 2.24) is 10.2 Å². The van der Waals surface area contributed by atoms with Crippen molar-refractivity contribution in [2.24, 2.45) is 5.92 Å². The van der Waals surface area contributed by atoms with Crippen molar-refractivity contribution >= 4 is 30.6 Å². The van der Waals surface area contributed by atoms with E-state index in [1.807, 2.05) is 52.0 Å². The molecule has 0 aliphatic carbocycles. The molecule has 192 valence electrons. The van der Waals surface area contributed by atoms with Gasteiger partial charge in [-0.05, 0) is 65.9 Å². The van der Waals surface area contributed by atoms with Gasteiger partial charge in [-0.15, -0.1) is 0 Å². The molecule has 0 aromatic heterocycles. The van der Waals surface area contributed by atoms with Gasteiger partial charge < -0.3 is 29.4 Å². The van der Waals surface area contributed by atoms with Crippen LogP contribution in [0.5, 0.6) is 0 Å². The number of carbonyl (C=O) groups is 3. The molecule has 35 heavy (non-hydrogen) atoms. The molecule has 2 amide bonds. The standard InChI is InChI=1S/C25H37BN2O7/c1-23(2,3)33-22(32)27-19(20(29)28-12-11-17(15-28)21(30)31)14-16-9-8-10-18(13-16)26-34-24(4,5)25(6,7)35-26/h8-10,13,17,19H,11-12,14-15H2,1-7H3,(H,27,32)(H,30,31). The predicted octanol–water partition coefficient (Wildman–Crippen LogP) is 2.35. The number of carboxylic acid groups (broad SMARTS) is 1.